The van der Waals surface area contributed by atoms with Crippen molar-refractivity contribution in [2.75, 3.05) is 25.6 Å². The van der Waals surface area contributed by atoms with E-state index < -0.39 is 36.5 Å². The summed E-state index contributed by atoms with van der Waals surface area (Å²) in [6, 6.07) is 7.98. The summed E-state index contributed by atoms with van der Waals surface area (Å²) in [6.45, 7) is 1.16. The number of hydrogen-bond acceptors (Lipinski definition) is 6. The summed E-state index contributed by atoms with van der Waals surface area (Å²) >= 11 is 5.66. The van der Waals surface area contributed by atoms with Crippen molar-refractivity contribution in [1.29, 1.82) is 0 Å². The van der Waals surface area contributed by atoms with Gasteiger partial charge in [0.1, 0.15) is 25.7 Å². The Kier molecular flexibility index (Phi) is 10.3. The monoisotopic (exact) mass is 399 g/mol. The first-order valence-electron chi connectivity index (χ1n) is 8.19. The van der Waals surface area contributed by atoms with Gasteiger partial charge in [-0.05, 0) is 12.5 Å². The van der Waals surface area contributed by atoms with E-state index >= 15 is 0 Å². The Labute approximate surface area is 161 Å². The minimum atomic E-state index is -1.06. The van der Waals surface area contributed by atoms with E-state index in [1.165, 1.54) is 0 Å². The molecule has 0 radical (unpaired) electrons. The van der Waals surface area contributed by atoms with Gasteiger partial charge in [0.15, 0.2) is 0 Å². The van der Waals surface area contributed by atoms with Gasteiger partial charge in [-0.15, -0.1) is 11.6 Å². The molecule has 3 N–H and O–H groups in total. The average Bonchev–Trinajstić information content (AvgIpc) is 2.68. The molecule has 1 atom stereocenters. The van der Waals surface area contributed by atoms with E-state index in [2.05, 4.69) is 20.7 Å². The van der Waals surface area contributed by atoms with Crippen molar-refractivity contribution in [3.8, 4) is 0 Å². The predicted molar refractivity (Wildman–Crippen MR) is 96.9 cm³/mol. The highest BCUT2D eigenvalue weighted by Crippen LogP contribution is 2.00. The molecule has 0 fully saturated rings. The fourth-order valence-corrected chi connectivity index (χ4v) is 2.06. The molecule has 0 unspecified atom stereocenters. The summed E-state index contributed by atoms with van der Waals surface area (Å²) in [4.78, 5) is 46.5. The molecule has 3 amide bonds. The Balaban J connectivity index is 2.30. The number of alkyl halides is 1. The lowest BCUT2D eigenvalue weighted by molar-refractivity contribution is -0.143. The van der Waals surface area contributed by atoms with Crippen LogP contribution >= 0.6 is 11.6 Å². The van der Waals surface area contributed by atoms with Gasteiger partial charge in [0.2, 0.25) is 11.8 Å². The number of ether oxygens (including phenoxy) is 2. The molecule has 1 aromatic rings. The van der Waals surface area contributed by atoms with Gasteiger partial charge in [-0.1, -0.05) is 30.3 Å². The van der Waals surface area contributed by atoms with Crippen LogP contribution in [0.4, 0.5) is 4.79 Å². The number of halogens is 1. The van der Waals surface area contributed by atoms with Gasteiger partial charge >= 0.3 is 12.1 Å². The zero-order valence-corrected chi connectivity index (χ0v) is 15.6. The fraction of sp³-hybridized carbons (Fsp3) is 0.412. The fourth-order valence-electron chi connectivity index (χ4n) is 1.84. The van der Waals surface area contributed by atoms with Crippen LogP contribution in [0.25, 0.3) is 0 Å². The number of carbonyl (C=O) groups is 4. The van der Waals surface area contributed by atoms with Gasteiger partial charge in [0, 0.05) is 0 Å². The third-order valence-electron chi connectivity index (χ3n) is 3.12. The summed E-state index contributed by atoms with van der Waals surface area (Å²) in [5.74, 6) is -2.09. The van der Waals surface area contributed by atoms with E-state index in [1.807, 2.05) is 18.2 Å². The molecular weight excluding hydrogens is 378 g/mol. The summed E-state index contributed by atoms with van der Waals surface area (Å²) in [6.07, 6.45) is -0.775. The minimum absolute atomic E-state index is 0.0643. The van der Waals surface area contributed by atoms with Crippen molar-refractivity contribution >= 4 is 35.5 Å². The average molecular weight is 400 g/mol. The van der Waals surface area contributed by atoms with Crippen molar-refractivity contribution in [1.82, 2.24) is 16.0 Å². The van der Waals surface area contributed by atoms with Crippen molar-refractivity contribution in [2.24, 2.45) is 0 Å². The van der Waals surface area contributed by atoms with E-state index in [4.69, 9.17) is 16.3 Å². The van der Waals surface area contributed by atoms with Crippen LogP contribution in [-0.4, -0.2) is 55.5 Å². The van der Waals surface area contributed by atoms with Crippen molar-refractivity contribution in [3.05, 3.63) is 35.9 Å². The number of nitrogens with one attached hydrogen (secondary N) is 3. The van der Waals surface area contributed by atoms with Crippen LogP contribution in [0.5, 0.6) is 0 Å². The lowest BCUT2D eigenvalue weighted by Gasteiger charge is -2.16. The van der Waals surface area contributed by atoms with E-state index in [0.717, 1.165) is 5.56 Å². The van der Waals surface area contributed by atoms with Crippen molar-refractivity contribution < 1.29 is 28.7 Å². The highest BCUT2D eigenvalue weighted by atomic mass is 35.5. The van der Waals surface area contributed by atoms with E-state index in [1.54, 1.807) is 19.1 Å². The second kappa shape index (κ2) is 12.5. The second-order valence-corrected chi connectivity index (χ2v) is 5.52. The van der Waals surface area contributed by atoms with Crippen molar-refractivity contribution in [2.45, 2.75) is 19.6 Å². The van der Waals surface area contributed by atoms with Crippen LogP contribution in [0.15, 0.2) is 30.3 Å². The third kappa shape index (κ3) is 9.45. The molecule has 1 rings (SSSR count). The van der Waals surface area contributed by atoms with E-state index in [0.29, 0.717) is 0 Å². The molecule has 1 aromatic carbocycles. The molecule has 0 spiro atoms. The van der Waals surface area contributed by atoms with Gasteiger partial charge in [-0.3, -0.25) is 14.4 Å². The third-order valence-corrected chi connectivity index (χ3v) is 3.43. The topological polar surface area (TPSA) is 123 Å². The minimum Gasteiger partial charge on any atom is -0.465 e. The highest BCUT2D eigenvalue weighted by molar-refractivity contribution is 6.20. The van der Waals surface area contributed by atoms with Crippen LogP contribution in [0, 0.1) is 0 Å². The Morgan fingerprint density at radius 2 is 1.74 bits per heavy atom. The molecule has 0 bridgehead atoms. The number of esters is 1. The summed E-state index contributed by atoms with van der Waals surface area (Å²) in [5, 5.41) is 6.91. The smallest absolute Gasteiger partial charge is 0.407 e. The quantitative estimate of drug-likeness (QED) is 0.384. The highest BCUT2D eigenvalue weighted by Gasteiger charge is 2.20. The van der Waals surface area contributed by atoms with Crippen LogP contribution in [0.2, 0.25) is 0 Å². The molecule has 148 valence electrons. The van der Waals surface area contributed by atoms with Crippen molar-refractivity contribution in [3.63, 3.8) is 0 Å². The lowest BCUT2D eigenvalue weighted by atomic mass is 10.2. The molecule has 9 nitrogen and oxygen atoms in total. The Hall–Kier alpha value is -2.81. The maximum Gasteiger partial charge on any atom is 0.407 e. The molecule has 0 saturated heterocycles. The van der Waals surface area contributed by atoms with E-state index in [9.17, 15) is 19.2 Å². The van der Waals surface area contributed by atoms with E-state index in [-0.39, 0.29) is 25.6 Å². The zero-order chi connectivity index (χ0) is 20.1. The molecule has 27 heavy (non-hydrogen) atoms. The molecule has 0 aliphatic carbocycles. The van der Waals surface area contributed by atoms with Gasteiger partial charge in [-0.2, -0.15) is 0 Å². The maximum atomic E-state index is 11.9. The summed E-state index contributed by atoms with van der Waals surface area (Å²) < 4.78 is 9.63. The number of rotatable bonds is 10. The molecule has 0 aliphatic heterocycles. The van der Waals surface area contributed by atoms with Crippen LogP contribution < -0.4 is 16.0 Å². The second-order valence-electron chi connectivity index (χ2n) is 5.21. The Morgan fingerprint density at radius 1 is 1.04 bits per heavy atom. The van der Waals surface area contributed by atoms with Crippen LogP contribution in [0.1, 0.15) is 12.5 Å². The maximum absolute atomic E-state index is 11.9. The summed E-state index contributed by atoms with van der Waals surface area (Å²) in [7, 11) is 0. The largest absolute Gasteiger partial charge is 0.465 e. The molecule has 0 heterocycles. The first-order chi connectivity index (χ1) is 13.0. The SMILES string of the molecule is CCOC(=O)CNC(=O)[C@H](CCl)NC(=O)CNC(=O)OCc1ccccc1. The molecule has 0 aromatic heterocycles. The first-order valence-corrected chi connectivity index (χ1v) is 8.73. The van der Waals surface area contributed by atoms with Gasteiger partial charge < -0.3 is 25.4 Å². The lowest BCUT2D eigenvalue weighted by Crippen LogP contribution is -2.51. The number of alkyl carbamates (subject to hydrolysis) is 1. The first kappa shape index (κ1) is 22.2. The predicted octanol–water partition coefficient (Wildman–Crippen LogP) is 0.316. The van der Waals surface area contributed by atoms with Crippen LogP contribution in [0.3, 0.4) is 0 Å². The molecule has 0 aliphatic rings. The number of amides is 3. The molecule has 0 saturated carbocycles. The Morgan fingerprint density at radius 3 is 2.37 bits per heavy atom. The zero-order valence-electron chi connectivity index (χ0n) is 14.8. The normalized spacial score (nSPS) is 11.0. The number of benzene rings is 1. The Bertz CT molecular complexity index is 641. The number of hydrogen-bond donors (Lipinski definition) is 3. The van der Waals surface area contributed by atoms with Gasteiger partial charge in [-0.25, -0.2) is 4.79 Å². The molecular formula is C17H22ClN3O6. The van der Waals surface area contributed by atoms with Gasteiger partial charge in [0.25, 0.3) is 0 Å². The van der Waals surface area contributed by atoms with Gasteiger partial charge in [0.05, 0.1) is 12.5 Å². The molecule has 10 heteroatoms. The van der Waals surface area contributed by atoms with Crippen LogP contribution in [-0.2, 0) is 30.5 Å². The summed E-state index contributed by atoms with van der Waals surface area (Å²) in [5.41, 5.74) is 0.803. The number of carbonyl (C=O) groups excluding carboxylic acids is 4. The standard InChI is InChI=1S/C17H22ClN3O6/c1-2-26-15(23)10-19-16(24)13(8-18)21-14(22)9-20-17(25)27-11-12-6-4-3-5-7-12/h3-7,13H,2,8-11H2,1H3,(H,19,24)(H,20,25)(H,21,22)/t13-/m0/s1.